The average Bonchev–Trinajstić information content (AvgIpc) is 2.97. The summed E-state index contributed by atoms with van der Waals surface area (Å²) in [6.45, 7) is 5.75. The highest BCUT2D eigenvalue weighted by Gasteiger charge is 2.32. The normalized spacial score (nSPS) is 20.0. The van der Waals surface area contributed by atoms with Crippen molar-refractivity contribution in [3.05, 3.63) is 45.2 Å². The fourth-order valence-electron chi connectivity index (χ4n) is 3.38. The number of carbonyl (C=O) groups excluding carboxylic acids is 1. The number of amides is 1. The molecular formula is C19H21N5O2S2. The summed E-state index contributed by atoms with van der Waals surface area (Å²) in [7, 11) is 2.08. The molecule has 9 heteroatoms. The van der Waals surface area contributed by atoms with E-state index in [9.17, 15) is 9.59 Å². The second kappa shape index (κ2) is 7.65. The first-order valence-electron chi connectivity index (χ1n) is 9.20. The Labute approximate surface area is 172 Å². The number of fused-ring (bicyclic) bond motifs is 1. The Bertz CT molecular complexity index is 1040. The Morgan fingerprint density at radius 1 is 1.21 bits per heavy atom. The third-order valence-electron chi connectivity index (χ3n) is 5.02. The predicted octanol–water partition coefficient (Wildman–Crippen LogP) is 1.67. The number of carbonyl (C=O) groups is 1. The molecule has 0 atom stereocenters. The third-order valence-corrected chi connectivity index (χ3v) is 6.39. The lowest BCUT2D eigenvalue weighted by Gasteiger charge is -2.34. The molecule has 0 spiro atoms. The van der Waals surface area contributed by atoms with E-state index in [1.54, 1.807) is 23.2 Å². The van der Waals surface area contributed by atoms with Gasteiger partial charge in [0.1, 0.15) is 15.8 Å². The van der Waals surface area contributed by atoms with Gasteiger partial charge in [-0.3, -0.25) is 18.9 Å². The molecule has 2 fully saturated rings. The van der Waals surface area contributed by atoms with Crippen molar-refractivity contribution in [3.63, 3.8) is 0 Å². The standard InChI is InChI=1S/C19H21N5O2S2/c1-3-23-18(26)14(28-19(23)27)12-13-16(22-10-8-21(2)9-11-22)20-15-6-4-5-7-24(15)17(13)25/h4-7,12H,3,8-11H2,1-2H3/b14-12+. The van der Waals surface area contributed by atoms with Gasteiger partial charge in [-0.15, -0.1) is 0 Å². The highest BCUT2D eigenvalue weighted by molar-refractivity contribution is 8.26. The molecule has 0 radical (unpaired) electrons. The lowest BCUT2D eigenvalue weighted by Crippen LogP contribution is -2.45. The average molecular weight is 416 g/mol. The molecule has 2 aliphatic heterocycles. The van der Waals surface area contributed by atoms with Crippen molar-refractivity contribution in [1.29, 1.82) is 0 Å². The van der Waals surface area contributed by atoms with Crippen LogP contribution in [0.2, 0.25) is 0 Å². The lowest BCUT2D eigenvalue weighted by atomic mass is 10.2. The van der Waals surface area contributed by atoms with Crippen LogP contribution in [0.1, 0.15) is 12.5 Å². The zero-order chi connectivity index (χ0) is 19.8. The van der Waals surface area contributed by atoms with Crippen molar-refractivity contribution in [3.8, 4) is 0 Å². The second-order valence-electron chi connectivity index (χ2n) is 6.80. The van der Waals surface area contributed by atoms with Crippen molar-refractivity contribution in [2.45, 2.75) is 6.92 Å². The zero-order valence-electron chi connectivity index (χ0n) is 15.8. The minimum atomic E-state index is -0.179. The van der Waals surface area contributed by atoms with Gasteiger partial charge in [-0.2, -0.15) is 0 Å². The van der Waals surface area contributed by atoms with Crippen molar-refractivity contribution in [2.24, 2.45) is 0 Å². The molecule has 0 unspecified atom stereocenters. The van der Waals surface area contributed by atoms with Crippen LogP contribution in [-0.4, -0.2) is 69.2 Å². The number of rotatable bonds is 3. The highest BCUT2D eigenvalue weighted by Crippen LogP contribution is 2.33. The number of thioether (sulfide) groups is 1. The maximum Gasteiger partial charge on any atom is 0.267 e. The molecule has 28 heavy (non-hydrogen) atoms. The van der Waals surface area contributed by atoms with Gasteiger partial charge < -0.3 is 9.80 Å². The molecular weight excluding hydrogens is 394 g/mol. The Morgan fingerprint density at radius 3 is 2.64 bits per heavy atom. The quantitative estimate of drug-likeness (QED) is 0.558. The van der Waals surface area contributed by atoms with E-state index in [-0.39, 0.29) is 11.5 Å². The molecule has 0 bridgehead atoms. The SMILES string of the molecule is CCN1C(=O)/C(=C\c2c(N3CCN(C)CC3)nc3ccccn3c2=O)SC1=S. The smallest absolute Gasteiger partial charge is 0.267 e. The van der Waals surface area contributed by atoms with Gasteiger partial charge >= 0.3 is 0 Å². The van der Waals surface area contributed by atoms with Gasteiger partial charge in [0.25, 0.3) is 11.5 Å². The van der Waals surface area contributed by atoms with E-state index in [4.69, 9.17) is 17.2 Å². The van der Waals surface area contributed by atoms with Gasteiger partial charge in [-0.25, -0.2) is 4.98 Å². The molecule has 7 nitrogen and oxygen atoms in total. The molecule has 146 valence electrons. The lowest BCUT2D eigenvalue weighted by molar-refractivity contribution is -0.121. The number of aromatic nitrogens is 2. The highest BCUT2D eigenvalue weighted by atomic mass is 32.2. The maximum absolute atomic E-state index is 13.3. The summed E-state index contributed by atoms with van der Waals surface area (Å²) in [6.07, 6.45) is 3.37. The summed E-state index contributed by atoms with van der Waals surface area (Å²) in [5.41, 5.74) is 0.853. The molecule has 4 heterocycles. The van der Waals surface area contributed by atoms with E-state index in [2.05, 4.69) is 16.8 Å². The monoisotopic (exact) mass is 415 g/mol. The maximum atomic E-state index is 13.3. The number of thiocarbonyl (C=S) groups is 1. The van der Waals surface area contributed by atoms with E-state index in [0.717, 1.165) is 26.2 Å². The zero-order valence-corrected chi connectivity index (χ0v) is 17.4. The van der Waals surface area contributed by atoms with Crippen LogP contribution in [-0.2, 0) is 4.79 Å². The van der Waals surface area contributed by atoms with Crippen LogP contribution in [0, 0.1) is 0 Å². The van der Waals surface area contributed by atoms with E-state index < -0.39 is 0 Å². The molecule has 2 aromatic rings. The fourth-order valence-corrected chi connectivity index (χ4v) is 4.75. The molecule has 2 aromatic heterocycles. The fraction of sp³-hybridized carbons (Fsp3) is 0.368. The van der Waals surface area contributed by atoms with Crippen LogP contribution < -0.4 is 10.5 Å². The summed E-state index contributed by atoms with van der Waals surface area (Å²) >= 11 is 6.54. The van der Waals surface area contributed by atoms with Crippen LogP contribution in [0.5, 0.6) is 0 Å². The Hall–Kier alpha value is -2.23. The summed E-state index contributed by atoms with van der Waals surface area (Å²) in [5, 5.41) is 0. The van der Waals surface area contributed by atoms with Crippen molar-refractivity contribution < 1.29 is 4.79 Å². The minimum absolute atomic E-state index is 0.153. The Morgan fingerprint density at radius 2 is 1.96 bits per heavy atom. The number of pyridine rings is 1. The van der Waals surface area contributed by atoms with Crippen LogP contribution in [0.3, 0.4) is 0 Å². The number of piperazine rings is 1. The van der Waals surface area contributed by atoms with Crippen LogP contribution in [0.4, 0.5) is 5.82 Å². The van der Waals surface area contributed by atoms with Gasteiger partial charge in [0.05, 0.1) is 10.5 Å². The van der Waals surface area contributed by atoms with E-state index >= 15 is 0 Å². The van der Waals surface area contributed by atoms with Gasteiger partial charge in [0.2, 0.25) is 0 Å². The Balaban J connectivity index is 1.86. The van der Waals surface area contributed by atoms with Crippen LogP contribution in [0.15, 0.2) is 34.1 Å². The first-order valence-corrected chi connectivity index (χ1v) is 10.4. The minimum Gasteiger partial charge on any atom is -0.353 e. The molecule has 0 aromatic carbocycles. The summed E-state index contributed by atoms with van der Waals surface area (Å²) in [4.78, 5) is 37.1. The topological polar surface area (TPSA) is 61.2 Å². The van der Waals surface area contributed by atoms with Gasteiger partial charge in [0.15, 0.2) is 0 Å². The Kier molecular flexibility index (Phi) is 5.22. The van der Waals surface area contributed by atoms with E-state index in [1.807, 2.05) is 19.1 Å². The van der Waals surface area contributed by atoms with Gasteiger partial charge in [-0.1, -0.05) is 30.0 Å². The number of hydrogen-bond acceptors (Lipinski definition) is 7. The molecule has 0 saturated carbocycles. The summed E-state index contributed by atoms with van der Waals surface area (Å²) in [5.74, 6) is 0.477. The summed E-state index contributed by atoms with van der Waals surface area (Å²) < 4.78 is 2.04. The molecule has 2 aliphatic rings. The van der Waals surface area contributed by atoms with Crippen molar-refractivity contribution >= 4 is 51.7 Å². The second-order valence-corrected chi connectivity index (χ2v) is 8.48. The third kappa shape index (κ3) is 3.34. The van der Waals surface area contributed by atoms with E-state index in [1.165, 1.54) is 16.2 Å². The number of likely N-dealkylation sites (N-methyl/N-ethyl adjacent to an activating group) is 2. The van der Waals surface area contributed by atoms with Crippen molar-refractivity contribution in [2.75, 3.05) is 44.7 Å². The molecule has 0 N–H and O–H groups in total. The summed E-state index contributed by atoms with van der Waals surface area (Å²) in [6, 6.07) is 5.48. The largest absolute Gasteiger partial charge is 0.353 e. The first kappa shape index (κ1) is 19.1. The molecule has 4 rings (SSSR count). The van der Waals surface area contributed by atoms with Crippen molar-refractivity contribution in [1.82, 2.24) is 19.2 Å². The number of anilines is 1. The number of hydrogen-bond donors (Lipinski definition) is 0. The molecule has 1 amide bonds. The first-order chi connectivity index (χ1) is 13.5. The van der Waals surface area contributed by atoms with Crippen LogP contribution in [0.25, 0.3) is 11.7 Å². The molecule has 0 aliphatic carbocycles. The molecule has 2 saturated heterocycles. The van der Waals surface area contributed by atoms with Gasteiger partial charge in [0, 0.05) is 38.9 Å². The predicted molar refractivity (Wildman–Crippen MR) is 117 cm³/mol. The number of nitrogens with zero attached hydrogens (tertiary/aromatic N) is 5. The van der Waals surface area contributed by atoms with Gasteiger partial charge in [-0.05, 0) is 32.2 Å². The van der Waals surface area contributed by atoms with Crippen LogP contribution >= 0.6 is 24.0 Å². The van der Waals surface area contributed by atoms with E-state index in [0.29, 0.717) is 32.8 Å².